The average molecular weight is 296 g/mol. The Morgan fingerprint density at radius 1 is 1.29 bits per heavy atom. The van der Waals surface area contributed by atoms with Gasteiger partial charge in [0.2, 0.25) is 0 Å². The van der Waals surface area contributed by atoms with Crippen LogP contribution in [0.25, 0.3) is 0 Å². The van der Waals surface area contributed by atoms with Gasteiger partial charge in [-0.3, -0.25) is 0 Å². The molecule has 0 atom stereocenters. The van der Waals surface area contributed by atoms with Gasteiger partial charge in [-0.25, -0.2) is 9.37 Å². The molecule has 0 bridgehead atoms. The van der Waals surface area contributed by atoms with Crippen LogP contribution in [0.15, 0.2) is 41.0 Å². The first-order valence-electron chi connectivity index (χ1n) is 4.98. The van der Waals surface area contributed by atoms with Gasteiger partial charge in [0.1, 0.15) is 11.6 Å². The maximum atomic E-state index is 12.8. The number of nitrogen functional groups attached to an aromatic ring is 1. The Kier molecular flexibility index (Phi) is 3.28. The lowest BCUT2D eigenvalue weighted by molar-refractivity contribution is 0.628. The van der Waals surface area contributed by atoms with Gasteiger partial charge in [0, 0.05) is 12.7 Å². The lowest BCUT2D eigenvalue weighted by Crippen LogP contribution is -2.12. The van der Waals surface area contributed by atoms with Crippen molar-refractivity contribution in [3.8, 4) is 0 Å². The smallest absolute Gasteiger partial charge is 0.147 e. The van der Waals surface area contributed by atoms with Crippen molar-refractivity contribution in [2.45, 2.75) is 0 Å². The molecule has 0 aliphatic heterocycles. The van der Waals surface area contributed by atoms with Crippen LogP contribution in [0.4, 0.5) is 21.6 Å². The number of hydrogen-bond donors (Lipinski definition) is 1. The number of anilines is 3. The van der Waals surface area contributed by atoms with Gasteiger partial charge in [-0.15, -0.1) is 0 Å². The Hall–Kier alpha value is -1.62. The lowest BCUT2D eigenvalue weighted by atomic mass is 10.3. The summed E-state index contributed by atoms with van der Waals surface area (Å²) in [4.78, 5) is 6.09. The fourth-order valence-electron chi connectivity index (χ4n) is 1.48. The van der Waals surface area contributed by atoms with Crippen molar-refractivity contribution in [3.63, 3.8) is 0 Å². The Bertz CT molecular complexity index is 528. The molecule has 2 N–H and O–H groups in total. The fraction of sp³-hybridized carbons (Fsp3) is 0.0833. The van der Waals surface area contributed by atoms with E-state index >= 15 is 0 Å². The van der Waals surface area contributed by atoms with E-state index in [2.05, 4.69) is 20.9 Å². The van der Waals surface area contributed by atoms with Crippen molar-refractivity contribution in [1.29, 1.82) is 0 Å². The van der Waals surface area contributed by atoms with E-state index in [1.165, 1.54) is 12.1 Å². The summed E-state index contributed by atoms with van der Waals surface area (Å²) in [7, 11) is 1.86. The molecule has 2 rings (SSSR count). The zero-order valence-corrected chi connectivity index (χ0v) is 10.8. The van der Waals surface area contributed by atoms with Crippen LogP contribution in [0.1, 0.15) is 0 Å². The van der Waals surface area contributed by atoms with Crippen LogP contribution in [0.2, 0.25) is 0 Å². The Morgan fingerprint density at radius 2 is 1.94 bits per heavy atom. The molecule has 0 aliphatic rings. The van der Waals surface area contributed by atoms with Crippen LogP contribution < -0.4 is 10.6 Å². The highest BCUT2D eigenvalue weighted by atomic mass is 79.9. The molecule has 0 amide bonds. The quantitative estimate of drug-likeness (QED) is 0.924. The Labute approximate surface area is 107 Å². The summed E-state index contributed by atoms with van der Waals surface area (Å²) in [5.41, 5.74) is 7.07. The minimum Gasteiger partial charge on any atom is -0.397 e. The van der Waals surface area contributed by atoms with Crippen LogP contribution in [0, 0.1) is 5.82 Å². The normalized spacial score (nSPS) is 10.3. The third kappa shape index (κ3) is 2.55. The average Bonchev–Trinajstić information content (AvgIpc) is 2.29. The summed E-state index contributed by atoms with van der Waals surface area (Å²) in [6.07, 6.45) is 1.58. The summed E-state index contributed by atoms with van der Waals surface area (Å²) < 4.78 is 13.6. The molecule has 0 radical (unpaired) electrons. The van der Waals surface area contributed by atoms with Crippen molar-refractivity contribution in [3.05, 3.63) is 46.8 Å². The number of nitrogens with two attached hydrogens (primary N) is 1. The lowest BCUT2D eigenvalue weighted by Gasteiger charge is -2.19. The highest BCUT2D eigenvalue weighted by Crippen LogP contribution is 2.29. The second kappa shape index (κ2) is 4.71. The molecule has 17 heavy (non-hydrogen) atoms. The van der Waals surface area contributed by atoms with E-state index in [0.717, 1.165) is 16.0 Å². The number of nitrogens with zero attached hydrogens (tertiary/aromatic N) is 2. The largest absolute Gasteiger partial charge is 0.397 e. The van der Waals surface area contributed by atoms with E-state index in [-0.39, 0.29) is 5.82 Å². The molecule has 5 heteroatoms. The van der Waals surface area contributed by atoms with E-state index in [0.29, 0.717) is 5.69 Å². The van der Waals surface area contributed by atoms with E-state index in [1.54, 1.807) is 24.4 Å². The second-order valence-electron chi connectivity index (χ2n) is 3.61. The molecule has 0 saturated heterocycles. The van der Waals surface area contributed by atoms with Gasteiger partial charge in [-0.2, -0.15) is 0 Å². The first kappa shape index (κ1) is 11.9. The summed E-state index contributed by atoms with van der Waals surface area (Å²) >= 11 is 3.40. The molecule has 3 nitrogen and oxygen atoms in total. The summed E-state index contributed by atoms with van der Waals surface area (Å²) in [6, 6.07) is 8.00. The van der Waals surface area contributed by atoms with Crippen LogP contribution >= 0.6 is 15.9 Å². The van der Waals surface area contributed by atoms with Crippen molar-refractivity contribution in [1.82, 2.24) is 4.98 Å². The maximum absolute atomic E-state index is 12.8. The molecule has 0 spiro atoms. The molecule has 1 aromatic carbocycles. The van der Waals surface area contributed by atoms with Crippen LogP contribution in [0.5, 0.6) is 0 Å². The minimum absolute atomic E-state index is 0.258. The molecule has 0 unspecified atom stereocenters. The van der Waals surface area contributed by atoms with Gasteiger partial charge in [0.25, 0.3) is 0 Å². The maximum Gasteiger partial charge on any atom is 0.147 e. The van der Waals surface area contributed by atoms with E-state index in [9.17, 15) is 4.39 Å². The molecule has 1 heterocycles. The number of pyridine rings is 1. The molecule has 0 saturated carbocycles. The van der Waals surface area contributed by atoms with Gasteiger partial charge in [0.15, 0.2) is 0 Å². The molecular weight excluding hydrogens is 285 g/mol. The summed E-state index contributed by atoms with van der Waals surface area (Å²) in [5, 5.41) is 0. The van der Waals surface area contributed by atoms with Crippen LogP contribution in [-0.4, -0.2) is 12.0 Å². The van der Waals surface area contributed by atoms with Gasteiger partial charge >= 0.3 is 0 Å². The first-order valence-corrected chi connectivity index (χ1v) is 5.77. The zero-order valence-electron chi connectivity index (χ0n) is 9.19. The fourth-order valence-corrected chi connectivity index (χ4v) is 2.11. The highest BCUT2D eigenvalue weighted by Gasteiger charge is 2.09. The van der Waals surface area contributed by atoms with Gasteiger partial charge in [-0.1, -0.05) is 0 Å². The highest BCUT2D eigenvalue weighted by molar-refractivity contribution is 9.10. The SMILES string of the molecule is CN(c1ccc(F)cc1)c1ncc(N)cc1Br. The number of benzene rings is 1. The monoisotopic (exact) mass is 295 g/mol. The van der Waals surface area contributed by atoms with Gasteiger partial charge < -0.3 is 10.6 Å². The Balaban J connectivity index is 2.36. The predicted molar refractivity (Wildman–Crippen MR) is 70.8 cm³/mol. The molecule has 1 aromatic heterocycles. The van der Waals surface area contributed by atoms with Crippen molar-refractivity contribution in [2.75, 3.05) is 17.7 Å². The Morgan fingerprint density at radius 3 is 2.53 bits per heavy atom. The first-order chi connectivity index (χ1) is 8.08. The molecule has 2 aromatic rings. The van der Waals surface area contributed by atoms with Crippen LogP contribution in [-0.2, 0) is 0 Å². The zero-order chi connectivity index (χ0) is 12.4. The van der Waals surface area contributed by atoms with Gasteiger partial charge in [0.05, 0.1) is 16.4 Å². The van der Waals surface area contributed by atoms with Crippen molar-refractivity contribution < 1.29 is 4.39 Å². The van der Waals surface area contributed by atoms with E-state index in [1.807, 2.05) is 11.9 Å². The van der Waals surface area contributed by atoms with E-state index < -0.39 is 0 Å². The predicted octanol–water partition coefficient (Wildman–Crippen LogP) is 3.33. The molecule has 88 valence electrons. The number of halogens is 2. The van der Waals surface area contributed by atoms with Crippen LogP contribution in [0.3, 0.4) is 0 Å². The summed E-state index contributed by atoms with van der Waals surface area (Å²) in [6.45, 7) is 0. The topological polar surface area (TPSA) is 42.2 Å². The summed E-state index contributed by atoms with van der Waals surface area (Å²) in [5.74, 6) is 0.470. The molecule has 0 aliphatic carbocycles. The van der Waals surface area contributed by atoms with E-state index in [4.69, 9.17) is 5.73 Å². The van der Waals surface area contributed by atoms with Crippen molar-refractivity contribution in [2.24, 2.45) is 0 Å². The number of hydrogen-bond acceptors (Lipinski definition) is 3. The second-order valence-corrected chi connectivity index (χ2v) is 4.46. The van der Waals surface area contributed by atoms with Crippen molar-refractivity contribution >= 4 is 33.1 Å². The third-order valence-electron chi connectivity index (χ3n) is 2.37. The third-order valence-corrected chi connectivity index (χ3v) is 2.96. The van der Waals surface area contributed by atoms with Gasteiger partial charge in [-0.05, 0) is 46.3 Å². The molecular formula is C12H11BrFN3. The number of rotatable bonds is 2. The minimum atomic E-state index is -0.258. The molecule has 0 fully saturated rings. The number of aromatic nitrogens is 1. The standard InChI is InChI=1S/C12H11BrFN3/c1-17(10-4-2-8(14)3-5-10)12-11(13)6-9(15)7-16-12/h2-7H,15H2,1H3.